The van der Waals surface area contributed by atoms with Gasteiger partial charge in [-0.3, -0.25) is 4.98 Å². The molecule has 0 aliphatic carbocycles. The second kappa shape index (κ2) is 7.96. The molecule has 0 atom stereocenters. The first kappa shape index (κ1) is 20.2. The van der Waals surface area contributed by atoms with Crippen molar-refractivity contribution in [3.63, 3.8) is 0 Å². The second-order valence-electron chi connectivity index (χ2n) is 8.02. The molecule has 0 spiro atoms. The number of benzene rings is 2. The number of sulfone groups is 1. The number of hydrogen-bond acceptors (Lipinski definition) is 4. The molecule has 29 heavy (non-hydrogen) atoms. The van der Waals surface area contributed by atoms with Gasteiger partial charge in [0.1, 0.15) is 4.90 Å². The van der Waals surface area contributed by atoms with E-state index in [2.05, 4.69) is 16.8 Å². The van der Waals surface area contributed by atoms with Crippen LogP contribution < -0.4 is 4.90 Å². The molecule has 2 aromatic carbocycles. The highest BCUT2D eigenvalue weighted by molar-refractivity contribution is 7.90. The van der Waals surface area contributed by atoms with Gasteiger partial charge >= 0.3 is 0 Å². The van der Waals surface area contributed by atoms with Gasteiger partial charge in [0.25, 0.3) is 0 Å². The Hall–Kier alpha value is -2.11. The van der Waals surface area contributed by atoms with Gasteiger partial charge in [0, 0.05) is 24.7 Å². The lowest BCUT2D eigenvalue weighted by molar-refractivity contribution is 0.437. The van der Waals surface area contributed by atoms with E-state index in [0.29, 0.717) is 21.4 Å². The van der Waals surface area contributed by atoms with Gasteiger partial charge < -0.3 is 4.90 Å². The minimum Gasteiger partial charge on any atom is -0.370 e. The zero-order valence-corrected chi connectivity index (χ0v) is 18.3. The maximum absolute atomic E-state index is 13.4. The molecule has 1 aliphatic rings. The van der Waals surface area contributed by atoms with Crippen LogP contribution in [0, 0.1) is 12.8 Å². The van der Waals surface area contributed by atoms with Crippen LogP contribution in [0.4, 0.5) is 5.69 Å². The van der Waals surface area contributed by atoms with Crippen molar-refractivity contribution < 1.29 is 8.42 Å². The topological polar surface area (TPSA) is 50.3 Å². The zero-order valence-electron chi connectivity index (χ0n) is 16.7. The zero-order chi connectivity index (χ0) is 20.6. The molecular formula is C23H25ClN2O2S. The molecule has 6 heteroatoms. The normalized spacial score (nSPS) is 15.8. The number of aryl methyl sites for hydroxylation is 1. The van der Waals surface area contributed by atoms with Crippen LogP contribution in [0.2, 0.25) is 5.02 Å². The van der Waals surface area contributed by atoms with Gasteiger partial charge in [-0.2, -0.15) is 0 Å². The lowest BCUT2D eigenvalue weighted by atomic mass is 9.98. The molecule has 0 N–H and O–H groups in total. The molecule has 1 aliphatic heterocycles. The molecule has 2 heterocycles. The number of piperidine rings is 1. The summed E-state index contributed by atoms with van der Waals surface area (Å²) in [6, 6.07) is 13.2. The smallest absolute Gasteiger partial charge is 0.186 e. The number of fused-ring (bicyclic) bond motifs is 1. The SMILES string of the molecule is Cc1ccc(CS(=O)(=O)c2cnc3c(Cl)cccc3c2N2CCC(C)CC2)cc1. The number of halogens is 1. The van der Waals surface area contributed by atoms with Gasteiger partial charge in [0.05, 0.1) is 22.0 Å². The van der Waals surface area contributed by atoms with E-state index in [9.17, 15) is 8.42 Å². The maximum atomic E-state index is 13.4. The first-order chi connectivity index (χ1) is 13.8. The highest BCUT2D eigenvalue weighted by atomic mass is 35.5. The standard InChI is InChI=1S/C23H25ClN2O2S/c1-16-6-8-18(9-7-16)15-29(27,28)21-14-25-22-19(4-3-5-20(22)24)23(21)26-12-10-17(2)11-13-26/h3-9,14,17H,10-13,15H2,1-2H3. The van der Waals surface area contributed by atoms with Gasteiger partial charge in [0.2, 0.25) is 0 Å². The summed E-state index contributed by atoms with van der Waals surface area (Å²) in [4.78, 5) is 6.93. The summed E-state index contributed by atoms with van der Waals surface area (Å²) < 4.78 is 26.9. The van der Waals surface area contributed by atoms with E-state index in [1.165, 1.54) is 6.20 Å². The molecule has 1 fully saturated rings. The Labute approximate surface area is 177 Å². The summed E-state index contributed by atoms with van der Waals surface area (Å²) >= 11 is 6.37. The molecule has 1 aromatic heterocycles. The Balaban J connectivity index is 1.84. The van der Waals surface area contributed by atoms with Crippen molar-refractivity contribution in [1.82, 2.24) is 4.98 Å². The van der Waals surface area contributed by atoms with Crippen LogP contribution in [-0.2, 0) is 15.6 Å². The number of para-hydroxylation sites is 1. The van der Waals surface area contributed by atoms with E-state index in [4.69, 9.17) is 11.6 Å². The lowest BCUT2D eigenvalue weighted by Gasteiger charge is -2.34. The predicted molar refractivity (Wildman–Crippen MR) is 119 cm³/mol. The molecular weight excluding hydrogens is 404 g/mol. The fraction of sp³-hybridized carbons (Fsp3) is 0.348. The van der Waals surface area contributed by atoms with Crippen molar-refractivity contribution in [2.75, 3.05) is 18.0 Å². The van der Waals surface area contributed by atoms with Gasteiger partial charge in [-0.05, 0) is 37.3 Å². The van der Waals surface area contributed by atoms with Crippen molar-refractivity contribution in [3.05, 3.63) is 64.8 Å². The van der Waals surface area contributed by atoms with E-state index < -0.39 is 9.84 Å². The monoisotopic (exact) mass is 428 g/mol. The van der Waals surface area contributed by atoms with E-state index in [-0.39, 0.29) is 5.75 Å². The Morgan fingerprint density at radius 1 is 1.10 bits per heavy atom. The number of pyridine rings is 1. The highest BCUT2D eigenvalue weighted by Gasteiger charge is 2.28. The summed E-state index contributed by atoms with van der Waals surface area (Å²) in [7, 11) is -3.57. The fourth-order valence-corrected chi connectivity index (χ4v) is 5.68. The molecule has 0 bridgehead atoms. The molecule has 0 saturated carbocycles. The first-order valence-corrected chi connectivity index (χ1v) is 12.0. The summed E-state index contributed by atoms with van der Waals surface area (Å²) in [5.74, 6) is 0.605. The highest BCUT2D eigenvalue weighted by Crippen LogP contribution is 2.38. The molecule has 0 amide bonds. The molecule has 0 radical (unpaired) electrons. The molecule has 1 saturated heterocycles. The first-order valence-electron chi connectivity index (χ1n) is 9.95. The van der Waals surface area contributed by atoms with E-state index in [1.807, 2.05) is 43.3 Å². The van der Waals surface area contributed by atoms with Crippen LogP contribution in [0.5, 0.6) is 0 Å². The van der Waals surface area contributed by atoms with Crippen molar-refractivity contribution in [3.8, 4) is 0 Å². The van der Waals surface area contributed by atoms with Crippen LogP contribution in [0.15, 0.2) is 53.6 Å². The fourth-order valence-electron chi connectivity index (χ4n) is 3.92. The average Bonchev–Trinajstić information content (AvgIpc) is 2.70. The molecule has 4 nitrogen and oxygen atoms in total. The predicted octanol–water partition coefficient (Wildman–Crippen LogP) is 5.41. The summed E-state index contributed by atoms with van der Waals surface area (Å²) in [6.07, 6.45) is 3.58. The quantitative estimate of drug-likeness (QED) is 0.557. The van der Waals surface area contributed by atoms with Crippen LogP contribution in [0.1, 0.15) is 30.9 Å². The van der Waals surface area contributed by atoms with Crippen molar-refractivity contribution >= 4 is 38.0 Å². The van der Waals surface area contributed by atoms with Crippen LogP contribution in [0.25, 0.3) is 10.9 Å². The Kier molecular flexibility index (Phi) is 5.54. The minimum atomic E-state index is -3.57. The maximum Gasteiger partial charge on any atom is 0.186 e. The minimum absolute atomic E-state index is 0.0434. The Morgan fingerprint density at radius 2 is 1.79 bits per heavy atom. The van der Waals surface area contributed by atoms with Crippen molar-refractivity contribution in [2.45, 2.75) is 37.3 Å². The summed E-state index contributed by atoms with van der Waals surface area (Å²) in [6.45, 7) is 5.90. The number of aromatic nitrogens is 1. The third-order valence-corrected chi connectivity index (χ3v) is 7.69. The van der Waals surface area contributed by atoms with Gasteiger partial charge in [-0.25, -0.2) is 8.42 Å². The van der Waals surface area contributed by atoms with E-state index in [0.717, 1.165) is 48.1 Å². The van der Waals surface area contributed by atoms with Gasteiger partial charge in [-0.1, -0.05) is 60.5 Å². The Bertz CT molecular complexity index is 1140. The Morgan fingerprint density at radius 3 is 2.48 bits per heavy atom. The van der Waals surface area contributed by atoms with Gasteiger partial charge in [0.15, 0.2) is 9.84 Å². The largest absolute Gasteiger partial charge is 0.370 e. The lowest BCUT2D eigenvalue weighted by Crippen LogP contribution is -2.34. The number of hydrogen-bond donors (Lipinski definition) is 0. The second-order valence-corrected chi connectivity index (χ2v) is 10.4. The molecule has 3 aromatic rings. The van der Waals surface area contributed by atoms with E-state index in [1.54, 1.807) is 6.07 Å². The third-order valence-electron chi connectivity index (χ3n) is 5.70. The molecule has 152 valence electrons. The summed E-state index contributed by atoms with van der Waals surface area (Å²) in [5.41, 5.74) is 3.28. The van der Waals surface area contributed by atoms with Crippen molar-refractivity contribution in [1.29, 1.82) is 0 Å². The van der Waals surface area contributed by atoms with Crippen LogP contribution in [-0.4, -0.2) is 26.5 Å². The summed E-state index contributed by atoms with van der Waals surface area (Å²) in [5, 5.41) is 1.34. The average molecular weight is 429 g/mol. The van der Waals surface area contributed by atoms with Crippen LogP contribution in [0.3, 0.4) is 0 Å². The third kappa shape index (κ3) is 4.12. The molecule has 4 rings (SSSR count). The number of nitrogens with zero attached hydrogens (tertiary/aromatic N) is 2. The molecule has 0 unspecified atom stereocenters. The number of rotatable bonds is 4. The van der Waals surface area contributed by atoms with Crippen molar-refractivity contribution in [2.24, 2.45) is 5.92 Å². The van der Waals surface area contributed by atoms with E-state index >= 15 is 0 Å². The van der Waals surface area contributed by atoms with Crippen LogP contribution >= 0.6 is 11.6 Å². The van der Waals surface area contributed by atoms with Gasteiger partial charge in [-0.15, -0.1) is 0 Å². The number of anilines is 1.